The molecule has 7 nitrogen and oxygen atoms in total. The lowest BCUT2D eigenvalue weighted by atomic mass is 9.89. The number of hydrogen-bond acceptors (Lipinski definition) is 5. The summed E-state index contributed by atoms with van der Waals surface area (Å²) in [6.07, 6.45) is 1.80. The normalized spacial score (nSPS) is 20.4. The molecule has 3 rings (SSSR count). The third-order valence-corrected chi connectivity index (χ3v) is 6.24. The molecule has 0 spiro atoms. The third kappa shape index (κ3) is 5.68. The van der Waals surface area contributed by atoms with Crippen LogP contribution in [0.25, 0.3) is 0 Å². The number of hydrogen-bond donors (Lipinski definition) is 2. The predicted molar refractivity (Wildman–Crippen MR) is 109 cm³/mol. The fourth-order valence-corrected chi connectivity index (χ4v) is 4.77. The van der Waals surface area contributed by atoms with Crippen LogP contribution < -0.4 is 10.0 Å². The van der Waals surface area contributed by atoms with Gasteiger partial charge in [0.2, 0.25) is 5.09 Å². The van der Waals surface area contributed by atoms with E-state index in [1.807, 2.05) is 30.3 Å². The van der Waals surface area contributed by atoms with Crippen LogP contribution in [0.2, 0.25) is 0 Å². The molecule has 1 saturated heterocycles. The molecule has 158 valence electrons. The van der Waals surface area contributed by atoms with Crippen molar-refractivity contribution in [3.63, 3.8) is 0 Å². The van der Waals surface area contributed by atoms with E-state index in [-0.39, 0.29) is 22.9 Å². The molecule has 1 aliphatic heterocycles. The fraction of sp³-hybridized carbons (Fsp3) is 0.476. The summed E-state index contributed by atoms with van der Waals surface area (Å²) in [6.45, 7) is 6.31. The first-order valence-electron chi connectivity index (χ1n) is 9.74. The minimum Gasteiger partial charge on any atom is -0.438 e. The molecule has 2 atom stereocenters. The molecule has 0 saturated carbocycles. The van der Waals surface area contributed by atoms with E-state index >= 15 is 0 Å². The molecule has 0 aliphatic carbocycles. The average Bonchev–Trinajstić information content (AvgIpc) is 3.17. The lowest BCUT2D eigenvalue weighted by molar-refractivity contribution is -0.0273. The first-order chi connectivity index (χ1) is 13.7. The molecule has 2 unspecified atom stereocenters. The van der Waals surface area contributed by atoms with Crippen LogP contribution in [0.1, 0.15) is 55.8 Å². The Morgan fingerprint density at radius 2 is 1.86 bits per heavy atom. The van der Waals surface area contributed by atoms with Crippen molar-refractivity contribution in [3.8, 4) is 0 Å². The van der Waals surface area contributed by atoms with Crippen LogP contribution in [0.3, 0.4) is 0 Å². The molecule has 1 aliphatic rings. The Hall–Kier alpha value is -2.16. The number of benzene rings is 1. The highest BCUT2D eigenvalue weighted by Gasteiger charge is 2.29. The minimum atomic E-state index is -3.83. The van der Waals surface area contributed by atoms with Crippen LogP contribution >= 0.6 is 0 Å². The number of ether oxygens (including phenoxy) is 1. The van der Waals surface area contributed by atoms with Crippen LogP contribution in [-0.2, 0) is 14.8 Å². The van der Waals surface area contributed by atoms with Gasteiger partial charge in [0.1, 0.15) is 0 Å². The highest BCUT2D eigenvalue weighted by atomic mass is 32.2. The van der Waals surface area contributed by atoms with Gasteiger partial charge in [-0.15, -0.1) is 0 Å². The van der Waals surface area contributed by atoms with Crippen molar-refractivity contribution in [1.29, 1.82) is 0 Å². The Labute approximate surface area is 171 Å². The first kappa shape index (κ1) is 21.5. The number of rotatable bonds is 6. The molecule has 29 heavy (non-hydrogen) atoms. The van der Waals surface area contributed by atoms with Gasteiger partial charge in [0.25, 0.3) is 15.9 Å². The summed E-state index contributed by atoms with van der Waals surface area (Å²) in [4.78, 5) is 12.5. The molecule has 1 aromatic heterocycles. The predicted octanol–water partition coefficient (Wildman–Crippen LogP) is 3.25. The molecular weight excluding hydrogens is 392 g/mol. The molecule has 1 fully saturated rings. The van der Waals surface area contributed by atoms with E-state index in [1.165, 1.54) is 12.1 Å². The van der Waals surface area contributed by atoms with Crippen molar-refractivity contribution in [2.45, 2.75) is 50.3 Å². The summed E-state index contributed by atoms with van der Waals surface area (Å²) < 4.78 is 38.4. The Morgan fingerprint density at radius 3 is 2.55 bits per heavy atom. The summed E-state index contributed by atoms with van der Waals surface area (Å²) >= 11 is 0. The number of furan rings is 1. The highest BCUT2D eigenvalue weighted by Crippen LogP contribution is 2.33. The highest BCUT2D eigenvalue weighted by molar-refractivity contribution is 7.89. The van der Waals surface area contributed by atoms with Gasteiger partial charge in [0.05, 0.1) is 6.10 Å². The van der Waals surface area contributed by atoms with Gasteiger partial charge in [-0.3, -0.25) is 4.79 Å². The zero-order valence-corrected chi connectivity index (χ0v) is 17.8. The van der Waals surface area contributed by atoms with Gasteiger partial charge in [-0.05, 0) is 51.3 Å². The summed E-state index contributed by atoms with van der Waals surface area (Å²) in [7, 11) is -3.83. The summed E-state index contributed by atoms with van der Waals surface area (Å²) in [6, 6.07) is 12.6. The topological polar surface area (TPSA) is 97.6 Å². The second-order valence-electron chi connectivity index (χ2n) is 8.29. The second-order valence-corrected chi connectivity index (χ2v) is 9.90. The summed E-state index contributed by atoms with van der Waals surface area (Å²) in [5, 5.41) is 2.58. The molecule has 0 bridgehead atoms. The monoisotopic (exact) mass is 420 g/mol. The van der Waals surface area contributed by atoms with Crippen LogP contribution in [0.4, 0.5) is 0 Å². The SMILES string of the molecule is CC(C)(C)NS(=O)(=O)c1ccc(C(=O)NCC2CCCOC2c2ccccc2)o1. The Balaban J connectivity index is 1.64. The first-order valence-corrected chi connectivity index (χ1v) is 11.2. The van der Waals surface area contributed by atoms with Gasteiger partial charge in [-0.1, -0.05) is 30.3 Å². The van der Waals surface area contributed by atoms with Crippen molar-refractivity contribution >= 4 is 15.9 Å². The van der Waals surface area contributed by atoms with Crippen molar-refractivity contribution in [2.75, 3.05) is 13.2 Å². The van der Waals surface area contributed by atoms with Gasteiger partial charge in [0, 0.05) is 24.6 Å². The van der Waals surface area contributed by atoms with E-state index in [4.69, 9.17) is 9.15 Å². The zero-order chi connectivity index (χ0) is 21.1. The third-order valence-electron chi connectivity index (χ3n) is 4.61. The zero-order valence-electron chi connectivity index (χ0n) is 17.0. The van der Waals surface area contributed by atoms with Gasteiger partial charge in [-0.25, -0.2) is 13.1 Å². The maximum absolute atomic E-state index is 12.5. The van der Waals surface area contributed by atoms with Crippen LogP contribution in [0.15, 0.2) is 52.0 Å². The van der Waals surface area contributed by atoms with Gasteiger partial charge in [-0.2, -0.15) is 0 Å². The van der Waals surface area contributed by atoms with Crippen molar-refractivity contribution in [1.82, 2.24) is 10.0 Å². The van der Waals surface area contributed by atoms with Crippen LogP contribution in [-0.4, -0.2) is 33.0 Å². The largest absolute Gasteiger partial charge is 0.438 e. The van der Waals surface area contributed by atoms with Gasteiger partial charge in [0.15, 0.2) is 5.76 Å². The minimum absolute atomic E-state index is 0.0349. The van der Waals surface area contributed by atoms with E-state index in [1.54, 1.807) is 20.8 Å². The summed E-state index contributed by atoms with van der Waals surface area (Å²) in [5.74, 6) is -0.345. The van der Waals surface area contributed by atoms with E-state index in [2.05, 4.69) is 10.0 Å². The fourth-order valence-electron chi connectivity index (χ4n) is 3.41. The van der Waals surface area contributed by atoms with Gasteiger partial charge >= 0.3 is 0 Å². The molecular formula is C21H28N2O5S. The molecule has 2 N–H and O–H groups in total. The lowest BCUT2D eigenvalue weighted by Gasteiger charge is -2.32. The van der Waals surface area contributed by atoms with Gasteiger partial charge < -0.3 is 14.5 Å². The lowest BCUT2D eigenvalue weighted by Crippen LogP contribution is -2.40. The molecule has 2 heterocycles. The number of carbonyl (C=O) groups is 1. The molecule has 0 radical (unpaired) electrons. The Kier molecular flexibility index (Phi) is 6.45. The van der Waals surface area contributed by atoms with E-state index in [0.717, 1.165) is 18.4 Å². The molecule has 1 amide bonds. The molecule has 2 aromatic rings. The maximum Gasteiger partial charge on any atom is 0.287 e. The Morgan fingerprint density at radius 1 is 1.14 bits per heavy atom. The van der Waals surface area contributed by atoms with Crippen molar-refractivity contribution < 1.29 is 22.4 Å². The van der Waals surface area contributed by atoms with E-state index in [0.29, 0.717) is 13.2 Å². The molecule has 1 aromatic carbocycles. The maximum atomic E-state index is 12.5. The summed E-state index contributed by atoms with van der Waals surface area (Å²) in [5.41, 5.74) is 0.438. The second kappa shape index (κ2) is 8.69. The quantitative estimate of drug-likeness (QED) is 0.748. The standard InChI is InChI=1S/C21H28N2O5S/c1-21(2,3)23-29(25,26)18-12-11-17(28-18)20(24)22-14-16-10-7-13-27-19(16)15-8-5-4-6-9-15/h4-6,8-9,11-12,16,19,23H,7,10,13-14H2,1-3H3,(H,22,24). The van der Waals surface area contributed by atoms with Crippen molar-refractivity contribution in [3.05, 3.63) is 53.8 Å². The molecule has 8 heteroatoms. The smallest absolute Gasteiger partial charge is 0.287 e. The van der Waals surface area contributed by atoms with Crippen LogP contribution in [0.5, 0.6) is 0 Å². The number of carbonyl (C=O) groups excluding carboxylic acids is 1. The van der Waals surface area contributed by atoms with Crippen molar-refractivity contribution in [2.24, 2.45) is 5.92 Å². The average molecular weight is 421 g/mol. The number of amides is 1. The number of sulfonamides is 1. The van der Waals surface area contributed by atoms with E-state index in [9.17, 15) is 13.2 Å². The van der Waals surface area contributed by atoms with Crippen LogP contribution in [0, 0.1) is 5.92 Å². The number of nitrogens with one attached hydrogen (secondary N) is 2. The Bertz CT molecular complexity index is 931. The van der Waals surface area contributed by atoms with E-state index < -0.39 is 21.5 Å².